The van der Waals surface area contributed by atoms with Crippen molar-refractivity contribution in [3.63, 3.8) is 0 Å². The molecule has 28 heavy (non-hydrogen) atoms. The number of fused-ring (bicyclic) bond motifs is 3. The maximum Gasteiger partial charge on any atom is 0.339 e. The van der Waals surface area contributed by atoms with Crippen LogP contribution in [-0.2, 0) is 22.5 Å². The molecule has 0 aromatic carbocycles. The van der Waals surface area contributed by atoms with Crippen molar-refractivity contribution in [1.82, 2.24) is 9.88 Å². The van der Waals surface area contributed by atoms with Crippen molar-refractivity contribution in [2.24, 2.45) is 0 Å². The van der Waals surface area contributed by atoms with E-state index >= 15 is 0 Å². The summed E-state index contributed by atoms with van der Waals surface area (Å²) in [6.45, 7) is 1.40. The van der Waals surface area contributed by atoms with Crippen molar-refractivity contribution in [3.8, 4) is 0 Å². The van der Waals surface area contributed by atoms with Gasteiger partial charge in [-0.1, -0.05) is 0 Å². The molecule has 0 N–H and O–H groups in total. The molecule has 2 aliphatic heterocycles. The van der Waals surface area contributed by atoms with E-state index in [1.54, 1.807) is 31.1 Å². The van der Waals surface area contributed by atoms with E-state index < -0.39 is 5.97 Å². The quantitative estimate of drug-likeness (QED) is 0.711. The van der Waals surface area contributed by atoms with Crippen LogP contribution in [0.1, 0.15) is 31.2 Å². The van der Waals surface area contributed by atoms with Crippen LogP contribution in [0.3, 0.4) is 0 Å². The molecule has 4 rings (SSSR count). The van der Waals surface area contributed by atoms with Crippen LogP contribution < -0.4 is 9.80 Å². The molecule has 0 bridgehead atoms. The van der Waals surface area contributed by atoms with Gasteiger partial charge >= 0.3 is 5.97 Å². The number of esters is 1. The van der Waals surface area contributed by atoms with Gasteiger partial charge in [-0.15, -0.1) is 11.3 Å². The summed E-state index contributed by atoms with van der Waals surface area (Å²) in [6.07, 6.45) is 2.20. The highest BCUT2D eigenvalue weighted by Crippen LogP contribution is 2.41. The van der Waals surface area contributed by atoms with Crippen molar-refractivity contribution in [3.05, 3.63) is 39.9 Å². The number of carbonyl (C=O) groups is 3. The molecule has 4 heterocycles. The first-order valence-electron chi connectivity index (χ1n) is 8.86. The Bertz CT molecular complexity index is 969. The highest BCUT2D eigenvalue weighted by molar-refractivity contribution is 7.17. The maximum absolute atomic E-state index is 12.8. The molecule has 146 valence electrons. The summed E-state index contributed by atoms with van der Waals surface area (Å²) in [5, 5.41) is 0.722. The number of rotatable bonds is 2. The summed E-state index contributed by atoms with van der Waals surface area (Å²) in [4.78, 5) is 47.4. The first-order valence-corrected chi connectivity index (χ1v) is 9.68. The van der Waals surface area contributed by atoms with Crippen LogP contribution >= 0.6 is 11.3 Å². The van der Waals surface area contributed by atoms with Crippen LogP contribution in [0.15, 0.2) is 18.3 Å². The fourth-order valence-electron chi connectivity index (χ4n) is 3.54. The third kappa shape index (κ3) is 2.91. The minimum atomic E-state index is -0.419. The van der Waals surface area contributed by atoms with E-state index in [0.29, 0.717) is 30.6 Å². The third-order valence-corrected chi connectivity index (χ3v) is 6.44. The Morgan fingerprint density at radius 1 is 1.21 bits per heavy atom. The molecular formula is C19H20N4O4S. The van der Waals surface area contributed by atoms with Gasteiger partial charge in [0, 0.05) is 31.7 Å². The van der Waals surface area contributed by atoms with E-state index in [-0.39, 0.29) is 18.4 Å². The number of aromatic nitrogens is 1. The fraction of sp³-hybridized carbons (Fsp3) is 0.368. The predicted molar refractivity (Wildman–Crippen MR) is 105 cm³/mol. The Kier molecular flexibility index (Phi) is 4.54. The molecule has 8 nitrogen and oxygen atoms in total. The molecular weight excluding hydrogens is 380 g/mol. The molecule has 0 aliphatic carbocycles. The van der Waals surface area contributed by atoms with Gasteiger partial charge in [-0.3, -0.25) is 9.59 Å². The van der Waals surface area contributed by atoms with Gasteiger partial charge in [0.2, 0.25) is 5.91 Å². The van der Waals surface area contributed by atoms with E-state index in [0.717, 1.165) is 21.3 Å². The Hall–Kier alpha value is -2.94. The van der Waals surface area contributed by atoms with Crippen molar-refractivity contribution in [2.45, 2.75) is 13.0 Å². The number of anilines is 2. The number of pyridine rings is 1. The second-order valence-corrected chi connectivity index (χ2v) is 7.95. The highest BCUT2D eigenvalue weighted by atomic mass is 32.1. The van der Waals surface area contributed by atoms with Gasteiger partial charge in [-0.05, 0) is 24.1 Å². The number of carbonyl (C=O) groups excluding carboxylic acids is 3. The average Bonchev–Trinajstić information content (AvgIpc) is 3.07. The average molecular weight is 400 g/mol. The first kappa shape index (κ1) is 18.4. The Balaban J connectivity index is 1.65. The number of methoxy groups -OCH3 is 1. The lowest BCUT2D eigenvalue weighted by Crippen LogP contribution is -2.36. The lowest BCUT2D eigenvalue weighted by Gasteiger charge is -2.28. The number of ether oxygens (including phenoxy) is 1. The Morgan fingerprint density at radius 2 is 2.00 bits per heavy atom. The number of hydrogen-bond acceptors (Lipinski definition) is 7. The SMILES string of the molecule is COC(=O)c1ccc(N2CCc3c(sc4c3C(=O)N(C)CC(=O)N4C)C2)nc1. The molecule has 0 unspecified atom stereocenters. The standard InChI is InChI=1S/C19H20N4O4S/c1-21-10-15(24)22(2)18-16(17(21)25)12-6-7-23(9-13(12)28-18)14-5-4-11(8-20-14)19(26)27-3/h4-5,8H,6-7,9-10H2,1-3H3. The van der Waals surface area contributed by atoms with Crippen LogP contribution in [0, 0.1) is 0 Å². The third-order valence-electron chi connectivity index (χ3n) is 5.14. The van der Waals surface area contributed by atoms with Crippen molar-refractivity contribution in [1.29, 1.82) is 0 Å². The minimum Gasteiger partial charge on any atom is -0.465 e. The number of nitrogens with zero attached hydrogens (tertiary/aromatic N) is 4. The van der Waals surface area contributed by atoms with Crippen LogP contribution in [0.2, 0.25) is 0 Å². The summed E-state index contributed by atoms with van der Waals surface area (Å²) in [5.74, 6) is 0.149. The summed E-state index contributed by atoms with van der Waals surface area (Å²) in [6, 6.07) is 3.49. The van der Waals surface area contributed by atoms with Crippen LogP contribution in [0.4, 0.5) is 10.8 Å². The van der Waals surface area contributed by atoms with Gasteiger partial charge in [-0.25, -0.2) is 9.78 Å². The Morgan fingerprint density at radius 3 is 2.68 bits per heavy atom. The monoisotopic (exact) mass is 400 g/mol. The zero-order valence-electron chi connectivity index (χ0n) is 15.9. The topological polar surface area (TPSA) is 83.0 Å². The van der Waals surface area contributed by atoms with Crippen LogP contribution in [-0.4, -0.2) is 62.0 Å². The van der Waals surface area contributed by atoms with Gasteiger partial charge < -0.3 is 19.4 Å². The van der Waals surface area contributed by atoms with Crippen LogP contribution in [0.5, 0.6) is 0 Å². The van der Waals surface area contributed by atoms with E-state index in [1.807, 2.05) is 0 Å². The Labute approximate surface area is 166 Å². The molecule has 9 heteroatoms. The number of thiophene rings is 1. The second kappa shape index (κ2) is 6.90. The van der Waals surface area contributed by atoms with E-state index in [2.05, 4.69) is 9.88 Å². The summed E-state index contributed by atoms with van der Waals surface area (Å²) < 4.78 is 4.70. The normalized spacial score (nSPS) is 16.6. The lowest BCUT2D eigenvalue weighted by atomic mass is 10.0. The van der Waals surface area contributed by atoms with Gasteiger partial charge in [-0.2, -0.15) is 0 Å². The molecule has 2 aliphatic rings. The first-order chi connectivity index (χ1) is 13.4. The molecule has 2 amide bonds. The number of amides is 2. The van der Waals surface area contributed by atoms with E-state index in [1.165, 1.54) is 29.5 Å². The molecule has 0 saturated carbocycles. The maximum atomic E-state index is 12.8. The largest absolute Gasteiger partial charge is 0.465 e. The molecule has 0 saturated heterocycles. The number of likely N-dealkylation sites (N-methyl/N-ethyl adjacent to an activating group) is 2. The molecule has 2 aromatic rings. The van der Waals surface area contributed by atoms with Gasteiger partial charge in [0.05, 0.1) is 24.8 Å². The van der Waals surface area contributed by atoms with Crippen molar-refractivity contribution >= 4 is 39.9 Å². The molecule has 0 fully saturated rings. The summed E-state index contributed by atoms with van der Waals surface area (Å²) in [5.41, 5.74) is 2.09. The van der Waals surface area contributed by atoms with Crippen LogP contribution in [0.25, 0.3) is 0 Å². The van der Waals surface area contributed by atoms with Gasteiger partial charge in [0.1, 0.15) is 17.4 Å². The van der Waals surface area contributed by atoms with Gasteiger partial charge in [0.25, 0.3) is 5.91 Å². The zero-order chi connectivity index (χ0) is 20.0. The minimum absolute atomic E-state index is 0.0914. The molecule has 0 atom stereocenters. The fourth-order valence-corrected chi connectivity index (χ4v) is 4.87. The van der Waals surface area contributed by atoms with Gasteiger partial charge in [0.15, 0.2) is 0 Å². The predicted octanol–water partition coefficient (Wildman–Crippen LogP) is 1.54. The molecule has 2 aromatic heterocycles. The van der Waals surface area contributed by atoms with Crippen molar-refractivity contribution in [2.75, 3.05) is 44.1 Å². The second-order valence-electron chi connectivity index (χ2n) is 6.87. The molecule has 0 spiro atoms. The van der Waals surface area contributed by atoms with E-state index in [9.17, 15) is 14.4 Å². The highest BCUT2D eigenvalue weighted by Gasteiger charge is 2.35. The summed E-state index contributed by atoms with van der Waals surface area (Å²) >= 11 is 1.49. The van der Waals surface area contributed by atoms with Crippen molar-refractivity contribution < 1.29 is 19.1 Å². The zero-order valence-corrected chi connectivity index (χ0v) is 16.7. The van der Waals surface area contributed by atoms with E-state index in [4.69, 9.17) is 4.74 Å². The smallest absolute Gasteiger partial charge is 0.339 e. The lowest BCUT2D eigenvalue weighted by molar-refractivity contribution is -0.118. The number of hydrogen-bond donors (Lipinski definition) is 0. The summed E-state index contributed by atoms with van der Waals surface area (Å²) in [7, 11) is 4.72. The molecule has 0 radical (unpaired) electrons.